The normalized spacial score (nSPS) is 10.8. The number of halogens is 2. The molecule has 24 heavy (non-hydrogen) atoms. The van der Waals surface area contributed by atoms with Gasteiger partial charge in [0, 0.05) is 26.5 Å². The van der Waals surface area contributed by atoms with Crippen LogP contribution in [0.15, 0.2) is 42.5 Å². The van der Waals surface area contributed by atoms with E-state index in [-0.39, 0.29) is 23.6 Å². The van der Waals surface area contributed by atoms with Gasteiger partial charge in [0.1, 0.15) is 5.69 Å². The summed E-state index contributed by atoms with van der Waals surface area (Å²) in [6.45, 7) is 1.92. The maximum Gasteiger partial charge on any atom is 0.355 e. The Morgan fingerprint density at radius 3 is 2.38 bits per heavy atom. The van der Waals surface area contributed by atoms with Crippen LogP contribution in [0.2, 0.25) is 10.0 Å². The number of carbonyl (C=O) groups excluding carboxylic acids is 2. The molecular formula is C18H13Cl2NO3. The van der Waals surface area contributed by atoms with Crippen LogP contribution in [0.4, 0.5) is 0 Å². The molecule has 0 radical (unpaired) electrons. The van der Waals surface area contributed by atoms with Gasteiger partial charge < -0.3 is 9.72 Å². The van der Waals surface area contributed by atoms with E-state index in [1.165, 1.54) is 0 Å². The quantitative estimate of drug-likeness (QED) is 0.531. The first-order valence-electron chi connectivity index (χ1n) is 7.30. The second kappa shape index (κ2) is 6.67. The molecule has 0 unspecified atom stereocenters. The largest absolute Gasteiger partial charge is 0.461 e. The molecule has 122 valence electrons. The summed E-state index contributed by atoms with van der Waals surface area (Å²) in [5, 5.41) is 1.65. The van der Waals surface area contributed by atoms with Crippen molar-refractivity contribution in [3.63, 3.8) is 0 Å². The van der Waals surface area contributed by atoms with Gasteiger partial charge >= 0.3 is 5.97 Å². The van der Waals surface area contributed by atoms with E-state index in [0.29, 0.717) is 26.5 Å². The van der Waals surface area contributed by atoms with Gasteiger partial charge in [-0.1, -0.05) is 29.3 Å². The number of ether oxygens (including phenoxy) is 1. The highest BCUT2D eigenvalue weighted by Gasteiger charge is 2.25. The zero-order valence-corrected chi connectivity index (χ0v) is 14.2. The first-order chi connectivity index (χ1) is 11.5. The molecule has 3 aromatic rings. The van der Waals surface area contributed by atoms with E-state index in [2.05, 4.69) is 4.98 Å². The SMILES string of the molecule is CCOC(=O)c1[nH]c2cc(Cl)ccc2c1C(=O)c1ccc(Cl)cc1. The van der Waals surface area contributed by atoms with Gasteiger partial charge in [-0.3, -0.25) is 4.79 Å². The number of fused-ring (bicyclic) bond motifs is 1. The van der Waals surface area contributed by atoms with E-state index in [1.807, 2.05) is 0 Å². The molecule has 0 saturated carbocycles. The van der Waals surface area contributed by atoms with Gasteiger partial charge in [0.15, 0.2) is 5.78 Å². The van der Waals surface area contributed by atoms with Crippen molar-refractivity contribution in [1.29, 1.82) is 0 Å². The molecule has 0 atom stereocenters. The Morgan fingerprint density at radius 2 is 1.71 bits per heavy atom. The number of H-pyrrole nitrogens is 1. The lowest BCUT2D eigenvalue weighted by Gasteiger charge is -2.05. The van der Waals surface area contributed by atoms with Crippen LogP contribution in [0.25, 0.3) is 10.9 Å². The molecule has 3 rings (SSSR count). The number of nitrogens with one attached hydrogen (secondary N) is 1. The van der Waals surface area contributed by atoms with Crippen LogP contribution >= 0.6 is 23.2 Å². The van der Waals surface area contributed by atoms with Crippen LogP contribution in [-0.2, 0) is 4.74 Å². The van der Waals surface area contributed by atoms with Gasteiger partial charge in [-0.25, -0.2) is 4.79 Å². The lowest BCUT2D eigenvalue weighted by atomic mass is 10.00. The molecular weight excluding hydrogens is 349 g/mol. The number of ketones is 1. The monoisotopic (exact) mass is 361 g/mol. The fraction of sp³-hybridized carbons (Fsp3) is 0.111. The van der Waals surface area contributed by atoms with Crippen molar-refractivity contribution >= 4 is 45.9 Å². The fourth-order valence-electron chi connectivity index (χ4n) is 2.51. The predicted octanol–water partition coefficient (Wildman–Crippen LogP) is 4.88. The molecule has 1 N–H and O–H groups in total. The van der Waals surface area contributed by atoms with Crippen LogP contribution in [0, 0.1) is 0 Å². The van der Waals surface area contributed by atoms with E-state index in [4.69, 9.17) is 27.9 Å². The molecule has 0 bridgehead atoms. The van der Waals surface area contributed by atoms with Gasteiger partial charge in [-0.15, -0.1) is 0 Å². The number of aromatic nitrogens is 1. The molecule has 0 aliphatic heterocycles. The summed E-state index contributed by atoms with van der Waals surface area (Å²) < 4.78 is 5.06. The van der Waals surface area contributed by atoms with Gasteiger partial charge in [-0.05, 0) is 43.3 Å². The summed E-state index contributed by atoms with van der Waals surface area (Å²) in [5.41, 5.74) is 1.42. The number of hydrogen-bond acceptors (Lipinski definition) is 3. The van der Waals surface area contributed by atoms with Crippen molar-refractivity contribution in [2.75, 3.05) is 6.61 Å². The van der Waals surface area contributed by atoms with Crippen LogP contribution in [0.3, 0.4) is 0 Å². The molecule has 0 aliphatic carbocycles. The average molecular weight is 362 g/mol. The molecule has 0 fully saturated rings. The van der Waals surface area contributed by atoms with Crippen molar-refractivity contribution in [2.45, 2.75) is 6.92 Å². The zero-order valence-electron chi connectivity index (χ0n) is 12.7. The minimum absolute atomic E-state index is 0.120. The van der Waals surface area contributed by atoms with Gasteiger partial charge in [0.05, 0.1) is 12.2 Å². The number of aromatic amines is 1. The van der Waals surface area contributed by atoms with Crippen molar-refractivity contribution in [2.24, 2.45) is 0 Å². The van der Waals surface area contributed by atoms with E-state index >= 15 is 0 Å². The van der Waals surface area contributed by atoms with Crippen molar-refractivity contribution < 1.29 is 14.3 Å². The third-order valence-electron chi connectivity index (χ3n) is 3.57. The summed E-state index contributed by atoms with van der Waals surface area (Å²) in [5.74, 6) is -0.870. The van der Waals surface area contributed by atoms with Gasteiger partial charge in [-0.2, -0.15) is 0 Å². The molecule has 0 saturated heterocycles. The number of rotatable bonds is 4. The van der Waals surface area contributed by atoms with E-state index in [9.17, 15) is 9.59 Å². The highest BCUT2D eigenvalue weighted by atomic mass is 35.5. The topological polar surface area (TPSA) is 59.2 Å². The minimum Gasteiger partial charge on any atom is -0.461 e. The van der Waals surface area contributed by atoms with E-state index < -0.39 is 5.97 Å². The third-order valence-corrected chi connectivity index (χ3v) is 4.06. The smallest absolute Gasteiger partial charge is 0.355 e. The van der Waals surface area contributed by atoms with Crippen LogP contribution in [0.1, 0.15) is 33.3 Å². The fourth-order valence-corrected chi connectivity index (χ4v) is 2.81. The number of esters is 1. The van der Waals surface area contributed by atoms with Crippen molar-refractivity contribution in [3.8, 4) is 0 Å². The first kappa shape index (κ1) is 16.6. The van der Waals surface area contributed by atoms with E-state index in [0.717, 1.165) is 0 Å². The Balaban J connectivity index is 2.20. The molecule has 0 aliphatic rings. The molecule has 0 amide bonds. The Kier molecular flexibility index (Phi) is 4.60. The Labute approximate surface area is 148 Å². The summed E-state index contributed by atoms with van der Waals surface area (Å²) in [6.07, 6.45) is 0. The molecule has 4 nitrogen and oxygen atoms in total. The Morgan fingerprint density at radius 1 is 1.04 bits per heavy atom. The van der Waals surface area contributed by atoms with Crippen LogP contribution < -0.4 is 0 Å². The van der Waals surface area contributed by atoms with Crippen LogP contribution in [0.5, 0.6) is 0 Å². The van der Waals surface area contributed by atoms with Gasteiger partial charge in [0.25, 0.3) is 0 Å². The maximum absolute atomic E-state index is 12.9. The van der Waals surface area contributed by atoms with E-state index in [1.54, 1.807) is 49.4 Å². The molecule has 1 aromatic heterocycles. The summed E-state index contributed by atoms with van der Waals surface area (Å²) in [6, 6.07) is 11.5. The summed E-state index contributed by atoms with van der Waals surface area (Å²) in [4.78, 5) is 28.1. The first-order valence-corrected chi connectivity index (χ1v) is 8.05. The van der Waals surface area contributed by atoms with Gasteiger partial charge in [0.2, 0.25) is 0 Å². The lowest BCUT2D eigenvalue weighted by Crippen LogP contribution is -2.12. The molecule has 6 heteroatoms. The number of carbonyl (C=O) groups is 2. The average Bonchev–Trinajstić information content (AvgIpc) is 2.93. The minimum atomic E-state index is -0.581. The Bertz CT molecular complexity index is 929. The van der Waals surface area contributed by atoms with Crippen LogP contribution in [-0.4, -0.2) is 23.3 Å². The highest BCUT2D eigenvalue weighted by Crippen LogP contribution is 2.28. The highest BCUT2D eigenvalue weighted by molar-refractivity contribution is 6.32. The Hall–Kier alpha value is -2.30. The van der Waals surface area contributed by atoms with Crippen molar-refractivity contribution in [3.05, 3.63) is 69.3 Å². The molecule has 1 heterocycles. The number of benzene rings is 2. The lowest BCUT2D eigenvalue weighted by molar-refractivity contribution is 0.0518. The second-order valence-corrected chi connectivity index (χ2v) is 5.99. The predicted molar refractivity (Wildman–Crippen MR) is 94.1 cm³/mol. The van der Waals surface area contributed by atoms with Crippen molar-refractivity contribution in [1.82, 2.24) is 4.98 Å². The zero-order chi connectivity index (χ0) is 17.3. The molecule has 0 spiro atoms. The standard InChI is InChI=1S/C18H13Cl2NO3/c1-2-24-18(23)16-15(13-8-7-12(20)9-14(13)21-16)17(22)10-3-5-11(19)6-4-10/h3-9,21H,2H2,1H3. The molecule has 2 aromatic carbocycles. The number of hydrogen-bond donors (Lipinski definition) is 1. The summed E-state index contributed by atoms with van der Waals surface area (Å²) in [7, 11) is 0. The third kappa shape index (κ3) is 3.03. The maximum atomic E-state index is 12.9. The second-order valence-electron chi connectivity index (χ2n) is 5.12. The summed E-state index contributed by atoms with van der Waals surface area (Å²) >= 11 is 11.9.